The van der Waals surface area contributed by atoms with Crippen molar-refractivity contribution in [1.82, 2.24) is 0 Å². The Morgan fingerprint density at radius 1 is 1.21 bits per heavy atom. The number of aliphatic hydroxyl groups excluding tert-OH is 1. The number of anilines is 1. The normalized spacial score (nSPS) is 16.0. The summed E-state index contributed by atoms with van der Waals surface area (Å²) in [4.78, 5) is 14.2. The predicted octanol–water partition coefficient (Wildman–Crippen LogP) is 3.81. The highest BCUT2D eigenvalue weighted by Gasteiger charge is 2.26. The second-order valence-electron chi connectivity index (χ2n) is 5.13. The molecule has 1 aromatic carbocycles. The maximum atomic E-state index is 12.4. The molecule has 0 radical (unpaired) electrons. The smallest absolute Gasteiger partial charge is 0.234 e. The maximum Gasteiger partial charge on any atom is 0.234 e. The lowest BCUT2D eigenvalue weighted by molar-refractivity contribution is -0.119. The number of nitrogens with zero attached hydrogens (tertiary/aromatic N) is 1. The van der Waals surface area contributed by atoms with Gasteiger partial charge in [-0.1, -0.05) is 44.0 Å². The van der Waals surface area contributed by atoms with Gasteiger partial charge in [0.15, 0.2) is 0 Å². The zero-order chi connectivity index (χ0) is 13.7. The van der Waals surface area contributed by atoms with Gasteiger partial charge in [0.1, 0.15) is 0 Å². The summed E-state index contributed by atoms with van der Waals surface area (Å²) >= 11 is 0. The first-order valence-electron chi connectivity index (χ1n) is 6.92. The molecule has 1 fully saturated rings. The molecule has 0 aliphatic heterocycles. The van der Waals surface area contributed by atoms with E-state index in [9.17, 15) is 9.90 Å². The summed E-state index contributed by atoms with van der Waals surface area (Å²) in [6.07, 6.45) is 5.67. The summed E-state index contributed by atoms with van der Waals surface area (Å²) in [6, 6.07) is 9.97. The van der Waals surface area contributed by atoms with Crippen LogP contribution in [0, 0.1) is 0 Å². The van der Waals surface area contributed by atoms with Crippen molar-refractivity contribution in [3.63, 3.8) is 0 Å². The highest BCUT2D eigenvalue weighted by atomic mass is 16.3. The Morgan fingerprint density at radius 3 is 2.42 bits per heavy atom. The molecule has 1 aliphatic rings. The first kappa shape index (κ1) is 13.7. The Kier molecular flexibility index (Phi) is 4.61. The highest BCUT2D eigenvalue weighted by molar-refractivity contribution is 5.95. The van der Waals surface area contributed by atoms with E-state index in [0.717, 1.165) is 18.5 Å². The van der Waals surface area contributed by atoms with Crippen molar-refractivity contribution in [3.8, 4) is 0 Å². The fourth-order valence-corrected chi connectivity index (χ4v) is 2.75. The molecule has 0 unspecified atom stereocenters. The summed E-state index contributed by atoms with van der Waals surface area (Å²) in [7, 11) is 0. The van der Waals surface area contributed by atoms with E-state index in [1.165, 1.54) is 19.3 Å². The molecule has 0 spiro atoms. The van der Waals surface area contributed by atoms with E-state index < -0.39 is 0 Å². The minimum absolute atomic E-state index is 0.00535. The minimum Gasteiger partial charge on any atom is -0.512 e. The fourth-order valence-electron chi connectivity index (χ4n) is 2.75. The molecule has 1 amide bonds. The van der Waals surface area contributed by atoms with Crippen LogP contribution in [0.3, 0.4) is 0 Å². The third kappa shape index (κ3) is 3.60. The van der Waals surface area contributed by atoms with Gasteiger partial charge in [0.05, 0.1) is 12.2 Å². The van der Waals surface area contributed by atoms with Gasteiger partial charge in [-0.3, -0.25) is 4.79 Å². The van der Waals surface area contributed by atoms with Gasteiger partial charge in [0.25, 0.3) is 0 Å². The van der Waals surface area contributed by atoms with Crippen LogP contribution >= 0.6 is 0 Å². The molecule has 2 rings (SSSR count). The monoisotopic (exact) mass is 259 g/mol. The van der Waals surface area contributed by atoms with Crippen LogP contribution < -0.4 is 4.90 Å². The van der Waals surface area contributed by atoms with Crippen LogP contribution in [0.4, 0.5) is 5.69 Å². The number of aliphatic hydroxyl groups is 1. The summed E-state index contributed by atoms with van der Waals surface area (Å²) in [5, 5.41) is 9.28. The predicted molar refractivity (Wildman–Crippen MR) is 77.2 cm³/mol. The number of hydrogen-bond donors (Lipinski definition) is 1. The second kappa shape index (κ2) is 6.41. The zero-order valence-electron chi connectivity index (χ0n) is 11.2. The summed E-state index contributed by atoms with van der Waals surface area (Å²) in [5.41, 5.74) is 0.917. The zero-order valence-corrected chi connectivity index (χ0v) is 11.2. The van der Waals surface area contributed by atoms with Crippen molar-refractivity contribution in [2.45, 2.75) is 44.6 Å². The Morgan fingerprint density at radius 2 is 1.84 bits per heavy atom. The van der Waals surface area contributed by atoms with Gasteiger partial charge in [-0.25, -0.2) is 0 Å². The third-order valence-corrected chi connectivity index (χ3v) is 3.60. The van der Waals surface area contributed by atoms with Crippen molar-refractivity contribution in [2.24, 2.45) is 0 Å². The van der Waals surface area contributed by atoms with E-state index in [2.05, 4.69) is 6.58 Å². The number of amides is 1. The van der Waals surface area contributed by atoms with Crippen LogP contribution in [0.15, 0.2) is 42.7 Å². The molecule has 0 atom stereocenters. The maximum absolute atomic E-state index is 12.4. The average Bonchev–Trinajstić information content (AvgIpc) is 2.40. The van der Waals surface area contributed by atoms with E-state index >= 15 is 0 Å². The number of para-hydroxylation sites is 1. The van der Waals surface area contributed by atoms with Crippen LogP contribution in [0.25, 0.3) is 0 Å². The van der Waals surface area contributed by atoms with E-state index in [1.807, 2.05) is 35.2 Å². The topological polar surface area (TPSA) is 40.5 Å². The molecular formula is C16H21NO2. The Bertz CT molecular complexity index is 435. The minimum atomic E-state index is -0.0678. The number of rotatable bonds is 4. The molecule has 0 bridgehead atoms. The van der Waals surface area contributed by atoms with Crippen molar-refractivity contribution < 1.29 is 9.90 Å². The van der Waals surface area contributed by atoms with Crippen LogP contribution in [0.1, 0.15) is 38.5 Å². The molecule has 102 valence electrons. The van der Waals surface area contributed by atoms with Crippen LogP contribution in [0.2, 0.25) is 0 Å². The highest BCUT2D eigenvalue weighted by Crippen LogP contribution is 2.28. The van der Waals surface area contributed by atoms with Gasteiger partial charge in [-0.2, -0.15) is 0 Å². The Labute approximate surface area is 114 Å². The number of carbonyl (C=O) groups excluding carboxylic acids is 1. The largest absolute Gasteiger partial charge is 0.512 e. The summed E-state index contributed by atoms with van der Waals surface area (Å²) in [6.45, 7) is 3.42. The van der Waals surface area contributed by atoms with E-state index in [4.69, 9.17) is 0 Å². The molecule has 1 saturated carbocycles. The molecule has 3 nitrogen and oxygen atoms in total. The first-order valence-corrected chi connectivity index (χ1v) is 6.92. The molecule has 19 heavy (non-hydrogen) atoms. The van der Waals surface area contributed by atoms with Crippen LogP contribution in [-0.2, 0) is 4.79 Å². The SMILES string of the molecule is C=C(O)CC(=O)N(c1ccccc1)C1CCCCC1. The molecule has 1 aromatic rings. The van der Waals surface area contributed by atoms with Gasteiger partial charge in [-0.15, -0.1) is 0 Å². The summed E-state index contributed by atoms with van der Waals surface area (Å²) in [5.74, 6) is -0.132. The Hall–Kier alpha value is -1.77. The lowest BCUT2D eigenvalue weighted by Gasteiger charge is -2.34. The molecular weight excluding hydrogens is 238 g/mol. The average molecular weight is 259 g/mol. The molecule has 3 heteroatoms. The molecule has 0 heterocycles. The van der Waals surface area contributed by atoms with Crippen molar-refractivity contribution in [1.29, 1.82) is 0 Å². The quantitative estimate of drug-likeness (QED) is 0.835. The standard InChI is InChI=1S/C16H21NO2/c1-13(18)12-16(19)17(14-8-4-2-5-9-14)15-10-6-3-7-11-15/h2,4-5,8-9,15,18H,1,3,6-7,10-12H2. The number of benzene rings is 1. The number of hydrogen-bond acceptors (Lipinski definition) is 2. The molecule has 0 aromatic heterocycles. The van der Waals surface area contributed by atoms with Gasteiger partial charge in [-0.05, 0) is 25.0 Å². The van der Waals surface area contributed by atoms with Gasteiger partial charge in [0, 0.05) is 11.7 Å². The van der Waals surface area contributed by atoms with Gasteiger partial charge in [0.2, 0.25) is 5.91 Å². The molecule has 1 aliphatic carbocycles. The Balaban J connectivity index is 2.22. The lowest BCUT2D eigenvalue weighted by Crippen LogP contribution is -2.41. The van der Waals surface area contributed by atoms with E-state index in [-0.39, 0.29) is 24.1 Å². The van der Waals surface area contributed by atoms with Crippen LogP contribution in [0.5, 0.6) is 0 Å². The lowest BCUT2D eigenvalue weighted by atomic mass is 9.93. The summed E-state index contributed by atoms with van der Waals surface area (Å²) < 4.78 is 0. The van der Waals surface area contributed by atoms with E-state index in [0.29, 0.717) is 0 Å². The van der Waals surface area contributed by atoms with Gasteiger partial charge >= 0.3 is 0 Å². The second-order valence-corrected chi connectivity index (χ2v) is 5.13. The molecule has 0 saturated heterocycles. The first-order chi connectivity index (χ1) is 9.18. The van der Waals surface area contributed by atoms with Crippen molar-refractivity contribution in [3.05, 3.63) is 42.7 Å². The van der Waals surface area contributed by atoms with Crippen molar-refractivity contribution in [2.75, 3.05) is 4.90 Å². The van der Waals surface area contributed by atoms with Crippen molar-refractivity contribution >= 4 is 11.6 Å². The van der Waals surface area contributed by atoms with E-state index in [1.54, 1.807) is 0 Å². The fraction of sp³-hybridized carbons (Fsp3) is 0.438. The van der Waals surface area contributed by atoms with Crippen LogP contribution in [-0.4, -0.2) is 17.1 Å². The van der Waals surface area contributed by atoms with Gasteiger partial charge < -0.3 is 10.0 Å². The third-order valence-electron chi connectivity index (χ3n) is 3.60. The molecule has 1 N–H and O–H groups in total. The number of carbonyl (C=O) groups is 1.